The van der Waals surface area contributed by atoms with E-state index in [-0.39, 0.29) is 0 Å². The summed E-state index contributed by atoms with van der Waals surface area (Å²) in [5.41, 5.74) is 0. The number of hydrogen-bond acceptors (Lipinski definition) is 3. The summed E-state index contributed by atoms with van der Waals surface area (Å²) in [6, 6.07) is 3.83. The van der Waals surface area contributed by atoms with Crippen LogP contribution < -0.4 is 0 Å². The molecule has 0 radical (unpaired) electrons. The number of ether oxygens (including phenoxy) is 2. The molecule has 0 aliphatic carbocycles. The van der Waals surface area contributed by atoms with E-state index in [0.29, 0.717) is 13.2 Å². The van der Waals surface area contributed by atoms with Crippen LogP contribution in [0.25, 0.3) is 0 Å². The first-order valence-corrected chi connectivity index (χ1v) is 5.61. The summed E-state index contributed by atoms with van der Waals surface area (Å²) in [7, 11) is 0. The summed E-state index contributed by atoms with van der Waals surface area (Å²) < 4.78 is 10.9. The molecule has 0 atom stereocenters. The molecule has 0 amide bonds. The number of thiophene rings is 1. The fraction of sp³-hybridized carbons (Fsp3) is 0.500. The van der Waals surface area contributed by atoms with Gasteiger partial charge in [0.15, 0.2) is 4.84 Å². The highest BCUT2D eigenvalue weighted by atomic mass is 35.5. The molecule has 2 rings (SSSR count). The summed E-state index contributed by atoms with van der Waals surface area (Å²) in [5.74, 6) is -0.933. The molecule has 0 bridgehead atoms. The standard InChI is InChI=1S/C8H8Cl2O2S/c9-7(10)8(11-3-4-12-8)6-2-1-5-13-6/h1-2,5,7H,3-4H2. The Morgan fingerprint density at radius 2 is 2.08 bits per heavy atom. The third kappa shape index (κ3) is 1.60. The monoisotopic (exact) mass is 238 g/mol. The highest BCUT2D eigenvalue weighted by Crippen LogP contribution is 2.41. The zero-order valence-corrected chi connectivity index (χ0v) is 9.03. The van der Waals surface area contributed by atoms with Gasteiger partial charge in [-0.2, -0.15) is 0 Å². The largest absolute Gasteiger partial charge is 0.341 e. The van der Waals surface area contributed by atoms with Crippen molar-refractivity contribution in [1.82, 2.24) is 0 Å². The Balaban J connectivity index is 2.33. The van der Waals surface area contributed by atoms with Gasteiger partial charge >= 0.3 is 0 Å². The van der Waals surface area contributed by atoms with E-state index in [9.17, 15) is 0 Å². The van der Waals surface area contributed by atoms with Crippen molar-refractivity contribution in [2.75, 3.05) is 13.2 Å². The van der Waals surface area contributed by atoms with Crippen LogP contribution in [0.3, 0.4) is 0 Å². The van der Waals surface area contributed by atoms with Crippen LogP contribution in [0.1, 0.15) is 4.88 Å². The van der Waals surface area contributed by atoms with Crippen LogP contribution in [-0.4, -0.2) is 18.1 Å². The molecule has 1 saturated heterocycles. The van der Waals surface area contributed by atoms with Crippen molar-refractivity contribution in [3.05, 3.63) is 22.4 Å². The van der Waals surface area contributed by atoms with E-state index in [1.54, 1.807) is 0 Å². The maximum Gasteiger partial charge on any atom is 0.235 e. The lowest BCUT2D eigenvalue weighted by Gasteiger charge is -2.26. The molecular weight excluding hydrogens is 231 g/mol. The van der Waals surface area contributed by atoms with E-state index in [4.69, 9.17) is 32.7 Å². The van der Waals surface area contributed by atoms with Crippen LogP contribution >= 0.6 is 34.5 Å². The summed E-state index contributed by atoms with van der Waals surface area (Å²) in [6.07, 6.45) is 0. The summed E-state index contributed by atoms with van der Waals surface area (Å²) >= 11 is 13.2. The summed E-state index contributed by atoms with van der Waals surface area (Å²) in [4.78, 5) is 0.216. The topological polar surface area (TPSA) is 18.5 Å². The van der Waals surface area contributed by atoms with E-state index in [1.165, 1.54) is 11.3 Å². The third-order valence-electron chi connectivity index (χ3n) is 1.87. The Bertz CT molecular complexity index is 268. The van der Waals surface area contributed by atoms with Gasteiger partial charge in [0, 0.05) is 0 Å². The number of hydrogen-bond donors (Lipinski definition) is 0. The molecule has 5 heteroatoms. The van der Waals surface area contributed by atoms with Crippen molar-refractivity contribution < 1.29 is 9.47 Å². The molecule has 0 N–H and O–H groups in total. The SMILES string of the molecule is ClC(Cl)C1(c2cccs2)OCCO1. The van der Waals surface area contributed by atoms with Gasteiger partial charge in [-0.05, 0) is 11.4 Å². The Kier molecular flexibility index (Phi) is 2.81. The average Bonchev–Trinajstić information content (AvgIpc) is 2.75. The van der Waals surface area contributed by atoms with Crippen molar-refractivity contribution in [3.8, 4) is 0 Å². The first-order chi connectivity index (χ1) is 6.26. The highest BCUT2D eigenvalue weighted by Gasteiger charge is 2.45. The van der Waals surface area contributed by atoms with Crippen molar-refractivity contribution >= 4 is 34.5 Å². The molecule has 1 aliphatic rings. The molecule has 0 unspecified atom stereocenters. The fourth-order valence-electron chi connectivity index (χ4n) is 1.28. The van der Waals surface area contributed by atoms with Crippen molar-refractivity contribution in [3.63, 3.8) is 0 Å². The highest BCUT2D eigenvalue weighted by molar-refractivity contribution is 7.10. The molecule has 2 nitrogen and oxygen atoms in total. The van der Waals surface area contributed by atoms with E-state index < -0.39 is 10.6 Å². The second-order valence-corrected chi connectivity index (χ2v) is 4.69. The predicted molar refractivity (Wildman–Crippen MR) is 53.4 cm³/mol. The molecule has 0 aromatic carbocycles. The minimum Gasteiger partial charge on any atom is -0.341 e. The van der Waals surface area contributed by atoms with Crippen LogP contribution in [0.15, 0.2) is 17.5 Å². The fourth-order valence-corrected chi connectivity index (χ4v) is 2.76. The molecule has 0 spiro atoms. The lowest BCUT2D eigenvalue weighted by Crippen LogP contribution is -2.33. The van der Waals surface area contributed by atoms with Gasteiger partial charge in [-0.3, -0.25) is 0 Å². The second kappa shape index (κ2) is 3.75. The zero-order valence-electron chi connectivity index (χ0n) is 6.70. The van der Waals surface area contributed by atoms with Gasteiger partial charge in [0.2, 0.25) is 5.79 Å². The van der Waals surface area contributed by atoms with Crippen molar-refractivity contribution in [2.24, 2.45) is 0 Å². The number of halogens is 2. The van der Waals surface area contributed by atoms with E-state index in [1.807, 2.05) is 17.5 Å². The molecule has 1 fully saturated rings. The van der Waals surface area contributed by atoms with Gasteiger partial charge in [-0.1, -0.05) is 29.3 Å². The molecule has 0 saturated carbocycles. The van der Waals surface area contributed by atoms with Crippen molar-refractivity contribution in [1.29, 1.82) is 0 Å². The summed E-state index contributed by atoms with van der Waals surface area (Å²) in [6.45, 7) is 1.07. The Labute approximate surface area is 90.4 Å². The molecule has 1 aromatic rings. The summed E-state index contributed by atoms with van der Waals surface area (Å²) in [5, 5.41) is 1.94. The second-order valence-electron chi connectivity index (χ2n) is 2.64. The predicted octanol–water partition coefficient (Wildman–Crippen LogP) is 2.75. The Morgan fingerprint density at radius 3 is 2.54 bits per heavy atom. The van der Waals surface area contributed by atoms with E-state index >= 15 is 0 Å². The maximum atomic E-state index is 5.85. The van der Waals surface area contributed by atoms with Crippen LogP contribution in [0.5, 0.6) is 0 Å². The Hall–Kier alpha value is 0.200. The third-order valence-corrected chi connectivity index (χ3v) is 3.41. The van der Waals surface area contributed by atoms with E-state index in [0.717, 1.165) is 4.88 Å². The molecule has 2 heterocycles. The van der Waals surface area contributed by atoms with Gasteiger partial charge in [-0.15, -0.1) is 11.3 Å². The van der Waals surface area contributed by atoms with Gasteiger partial charge in [0.05, 0.1) is 18.1 Å². The first kappa shape index (κ1) is 9.74. The smallest absolute Gasteiger partial charge is 0.235 e. The van der Waals surface area contributed by atoms with Crippen molar-refractivity contribution in [2.45, 2.75) is 10.6 Å². The maximum absolute atomic E-state index is 5.85. The van der Waals surface area contributed by atoms with Gasteiger partial charge in [-0.25, -0.2) is 0 Å². The van der Waals surface area contributed by atoms with Gasteiger partial charge < -0.3 is 9.47 Å². The zero-order chi connectivity index (χ0) is 9.31. The molecule has 1 aromatic heterocycles. The Morgan fingerprint density at radius 1 is 1.38 bits per heavy atom. The van der Waals surface area contributed by atoms with Crippen LogP contribution in [-0.2, 0) is 15.3 Å². The minimum absolute atomic E-state index is 0.536. The van der Waals surface area contributed by atoms with Crippen LogP contribution in [0, 0.1) is 0 Å². The quantitative estimate of drug-likeness (QED) is 0.739. The molecule has 1 aliphatic heterocycles. The number of rotatable bonds is 2. The van der Waals surface area contributed by atoms with Gasteiger partial charge in [0.25, 0.3) is 0 Å². The molecule has 13 heavy (non-hydrogen) atoms. The normalized spacial score (nSPS) is 21.2. The van der Waals surface area contributed by atoms with Crippen LogP contribution in [0.2, 0.25) is 0 Å². The molecule has 72 valence electrons. The lowest BCUT2D eigenvalue weighted by molar-refractivity contribution is -0.151. The molecular formula is C8H8Cl2O2S. The minimum atomic E-state index is -0.933. The van der Waals surface area contributed by atoms with E-state index in [2.05, 4.69) is 0 Å². The van der Waals surface area contributed by atoms with Crippen LogP contribution in [0.4, 0.5) is 0 Å². The number of alkyl halides is 2. The first-order valence-electron chi connectivity index (χ1n) is 3.86. The average molecular weight is 239 g/mol. The van der Waals surface area contributed by atoms with Gasteiger partial charge in [0.1, 0.15) is 0 Å². The lowest BCUT2D eigenvalue weighted by atomic mass is 10.2.